The lowest BCUT2D eigenvalue weighted by atomic mass is 10.0. The Labute approximate surface area is 145 Å². The van der Waals surface area contributed by atoms with Gasteiger partial charge in [-0.1, -0.05) is 44.2 Å². The van der Waals surface area contributed by atoms with Gasteiger partial charge in [-0.15, -0.1) is 0 Å². The van der Waals surface area contributed by atoms with Crippen molar-refractivity contribution in [3.63, 3.8) is 0 Å². The Bertz CT molecular complexity index is 765. The van der Waals surface area contributed by atoms with Crippen LogP contribution in [0.1, 0.15) is 35.9 Å². The molecule has 2 aromatic rings. The van der Waals surface area contributed by atoms with Gasteiger partial charge in [0.15, 0.2) is 0 Å². The van der Waals surface area contributed by atoms with Crippen LogP contribution in [-0.4, -0.2) is 24.0 Å². The minimum Gasteiger partial charge on any atom is -0.434 e. The molecule has 0 aliphatic carbocycles. The maximum Gasteiger partial charge on any atom is 0.387 e. The van der Waals surface area contributed by atoms with Crippen molar-refractivity contribution in [1.29, 1.82) is 0 Å². The first-order valence-corrected chi connectivity index (χ1v) is 8.17. The van der Waals surface area contributed by atoms with Crippen molar-refractivity contribution in [3.8, 4) is 5.75 Å². The van der Waals surface area contributed by atoms with Crippen molar-refractivity contribution in [2.24, 2.45) is 5.92 Å². The van der Waals surface area contributed by atoms with E-state index in [1.54, 1.807) is 35.2 Å². The number of amides is 1. The monoisotopic (exact) mass is 346 g/mol. The highest BCUT2D eigenvalue weighted by atomic mass is 19.3. The Morgan fingerprint density at radius 1 is 1.12 bits per heavy atom. The van der Waals surface area contributed by atoms with Crippen LogP contribution in [0.4, 0.5) is 14.5 Å². The number of nitrogens with one attached hydrogen (secondary N) is 1. The molecule has 0 aromatic heterocycles. The highest BCUT2D eigenvalue weighted by Crippen LogP contribution is 2.37. The van der Waals surface area contributed by atoms with E-state index in [1.807, 2.05) is 26.0 Å². The van der Waals surface area contributed by atoms with E-state index in [-0.39, 0.29) is 17.6 Å². The van der Waals surface area contributed by atoms with Crippen LogP contribution in [0, 0.1) is 5.92 Å². The number of hydrogen-bond acceptors (Lipinski definition) is 3. The van der Waals surface area contributed by atoms with E-state index < -0.39 is 12.8 Å². The SMILES string of the molecule is CC(C)CN1C(=O)c2ccccc2NC1c1ccccc1OC(F)F. The molecule has 1 aliphatic heterocycles. The summed E-state index contributed by atoms with van der Waals surface area (Å²) in [5, 5.41) is 3.29. The third-order valence-electron chi connectivity index (χ3n) is 4.01. The molecule has 0 spiro atoms. The number of halogens is 2. The molecule has 4 nitrogen and oxygen atoms in total. The summed E-state index contributed by atoms with van der Waals surface area (Å²) in [6.07, 6.45) is -0.570. The Kier molecular flexibility index (Phi) is 4.88. The first-order chi connectivity index (χ1) is 12.0. The standard InChI is InChI=1S/C19H20F2N2O2/c1-12(2)11-23-17(14-8-4-6-10-16(14)25-19(20)21)22-15-9-5-3-7-13(15)18(23)24/h3-10,12,17,19,22H,11H2,1-2H3. The Morgan fingerprint density at radius 3 is 2.52 bits per heavy atom. The third kappa shape index (κ3) is 3.57. The summed E-state index contributed by atoms with van der Waals surface area (Å²) in [5.74, 6) is 0.164. The molecule has 0 bridgehead atoms. The fourth-order valence-corrected chi connectivity index (χ4v) is 3.03. The second kappa shape index (κ2) is 7.09. The number of rotatable bonds is 5. The molecule has 1 aliphatic rings. The Balaban J connectivity index is 2.05. The van der Waals surface area contributed by atoms with Crippen LogP contribution >= 0.6 is 0 Å². The number of anilines is 1. The zero-order chi connectivity index (χ0) is 18.0. The molecule has 2 aromatic carbocycles. The van der Waals surface area contributed by atoms with Gasteiger partial charge in [0.1, 0.15) is 11.9 Å². The summed E-state index contributed by atoms with van der Waals surface area (Å²) >= 11 is 0. The molecule has 0 saturated heterocycles. The van der Waals surface area contributed by atoms with Crippen molar-refractivity contribution < 1.29 is 18.3 Å². The van der Waals surface area contributed by atoms with Gasteiger partial charge in [-0.2, -0.15) is 8.78 Å². The predicted molar refractivity (Wildman–Crippen MR) is 91.8 cm³/mol. The number of carbonyl (C=O) groups is 1. The van der Waals surface area contributed by atoms with Gasteiger partial charge < -0.3 is 15.0 Å². The van der Waals surface area contributed by atoms with Crippen molar-refractivity contribution in [1.82, 2.24) is 4.90 Å². The molecule has 0 fully saturated rings. The van der Waals surface area contributed by atoms with Gasteiger partial charge in [-0.3, -0.25) is 4.79 Å². The zero-order valence-electron chi connectivity index (χ0n) is 14.1. The molecule has 3 rings (SSSR count). The van der Waals surface area contributed by atoms with E-state index in [9.17, 15) is 13.6 Å². The van der Waals surface area contributed by atoms with E-state index in [2.05, 4.69) is 10.1 Å². The molecular formula is C19H20F2N2O2. The van der Waals surface area contributed by atoms with E-state index in [4.69, 9.17) is 0 Å². The molecule has 1 unspecified atom stereocenters. The van der Waals surface area contributed by atoms with Gasteiger partial charge >= 0.3 is 6.61 Å². The molecule has 1 heterocycles. The first kappa shape index (κ1) is 17.2. The summed E-state index contributed by atoms with van der Waals surface area (Å²) in [5.41, 5.74) is 1.77. The maximum absolute atomic E-state index is 13.0. The van der Waals surface area contributed by atoms with Crippen LogP contribution in [0.3, 0.4) is 0 Å². The average Bonchev–Trinajstić information content (AvgIpc) is 2.57. The number of ether oxygens (including phenoxy) is 1. The van der Waals surface area contributed by atoms with E-state index >= 15 is 0 Å². The van der Waals surface area contributed by atoms with E-state index in [0.717, 1.165) is 0 Å². The highest BCUT2D eigenvalue weighted by Gasteiger charge is 2.34. The molecule has 0 saturated carbocycles. The van der Waals surface area contributed by atoms with Crippen LogP contribution in [0.25, 0.3) is 0 Å². The quantitative estimate of drug-likeness (QED) is 0.866. The molecule has 1 atom stereocenters. The largest absolute Gasteiger partial charge is 0.434 e. The van der Waals surface area contributed by atoms with Crippen LogP contribution in [-0.2, 0) is 0 Å². The first-order valence-electron chi connectivity index (χ1n) is 8.17. The molecule has 132 valence electrons. The average molecular weight is 346 g/mol. The fraction of sp³-hybridized carbons (Fsp3) is 0.316. The lowest BCUT2D eigenvalue weighted by Gasteiger charge is -2.39. The second-order valence-corrected chi connectivity index (χ2v) is 6.36. The Hall–Kier alpha value is -2.63. The van der Waals surface area contributed by atoms with E-state index in [1.165, 1.54) is 6.07 Å². The summed E-state index contributed by atoms with van der Waals surface area (Å²) in [6, 6.07) is 13.8. The van der Waals surface area contributed by atoms with Gasteiger partial charge in [0, 0.05) is 17.8 Å². The summed E-state index contributed by atoms with van der Waals surface area (Å²) < 4.78 is 30.2. The van der Waals surface area contributed by atoms with Crippen LogP contribution in [0.5, 0.6) is 5.75 Å². The van der Waals surface area contributed by atoms with Crippen molar-refractivity contribution in [3.05, 3.63) is 59.7 Å². The summed E-state index contributed by atoms with van der Waals surface area (Å²) in [6.45, 7) is 1.58. The number of nitrogens with zero attached hydrogens (tertiary/aromatic N) is 1. The zero-order valence-corrected chi connectivity index (χ0v) is 14.1. The smallest absolute Gasteiger partial charge is 0.387 e. The lowest BCUT2D eigenvalue weighted by Crippen LogP contribution is -2.44. The Morgan fingerprint density at radius 2 is 1.80 bits per heavy atom. The molecular weight excluding hydrogens is 326 g/mol. The molecule has 25 heavy (non-hydrogen) atoms. The maximum atomic E-state index is 13.0. The van der Waals surface area contributed by atoms with Crippen LogP contribution in [0.2, 0.25) is 0 Å². The van der Waals surface area contributed by atoms with Crippen molar-refractivity contribution in [2.75, 3.05) is 11.9 Å². The lowest BCUT2D eigenvalue weighted by molar-refractivity contribution is -0.0509. The van der Waals surface area contributed by atoms with Gasteiger partial charge in [-0.25, -0.2) is 0 Å². The van der Waals surface area contributed by atoms with Crippen molar-refractivity contribution in [2.45, 2.75) is 26.6 Å². The van der Waals surface area contributed by atoms with Crippen LogP contribution < -0.4 is 10.1 Å². The molecule has 0 radical (unpaired) electrons. The van der Waals surface area contributed by atoms with Crippen LogP contribution in [0.15, 0.2) is 48.5 Å². The number of carbonyl (C=O) groups excluding carboxylic acids is 1. The number of fused-ring (bicyclic) bond motifs is 1. The molecule has 1 N–H and O–H groups in total. The topological polar surface area (TPSA) is 41.6 Å². The normalized spacial score (nSPS) is 16.8. The summed E-state index contributed by atoms with van der Waals surface area (Å²) in [7, 11) is 0. The van der Waals surface area contributed by atoms with Gasteiger partial charge in [0.25, 0.3) is 5.91 Å². The molecule has 6 heteroatoms. The minimum atomic E-state index is -2.92. The van der Waals surface area contributed by atoms with Gasteiger partial charge in [0.05, 0.1) is 5.56 Å². The number of hydrogen-bond donors (Lipinski definition) is 1. The predicted octanol–water partition coefficient (Wildman–Crippen LogP) is 4.51. The number of alkyl halides is 2. The number of benzene rings is 2. The second-order valence-electron chi connectivity index (χ2n) is 6.36. The third-order valence-corrected chi connectivity index (χ3v) is 4.01. The fourth-order valence-electron chi connectivity index (χ4n) is 3.03. The van der Waals surface area contributed by atoms with Crippen molar-refractivity contribution >= 4 is 11.6 Å². The number of para-hydroxylation sites is 2. The van der Waals surface area contributed by atoms with Gasteiger partial charge in [0.2, 0.25) is 0 Å². The van der Waals surface area contributed by atoms with Gasteiger partial charge in [-0.05, 0) is 24.1 Å². The summed E-state index contributed by atoms with van der Waals surface area (Å²) in [4.78, 5) is 14.6. The van der Waals surface area contributed by atoms with E-state index in [0.29, 0.717) is 23.4 Å². The minimum absolute atomic E-state index is 0.0657. The molecule has 1 amide bonds. The highest BCUT2D eigenvalue weighted by molar-refractivity contribution is 6.01.